The number of carbonyl (C=O) groups is 4. The second-order valence-electron chi connectivity index (χ2n) is 7.84. The van der Waals surface area contributed by atoms with Crippen LogP contribution in [0.4, 0.5) is 5.69 Å². The molecular formula is C25H28N2O7. The second-order valence-corrected chi connectivity index (χ2v) is 7.84. The number of hydrogen-bond acceptors (Lipinski definition) is 7. The molecule has 9 heteroatoms. The summed E-state index contributed by atoms with van der Waals surface area (Å²) in [5, 5.41) is 2.77. The summed E-state index contributed by atoms with van der Waals surface area (Å²) in [4.78, 5) is 50.9. The summed E-state index contributed by atoms with van der Waals surface area (Å²) in [7, 11) is 2.46. The number of hydrogen-bond donors (Lipinski definition) is 1. The first-order chi connectivity index (χ1) is 16.4. The van der Waals surface area contributed by atoms with Crippen molar-refractivity contribution in [2.24, 2.45) is 5.92 Å². The van der Waals surface area contributed by atoms with E-state index in [9.17, 15) is 19.2 Å². The number of esters is 2. The van der Waals surface area contributed by atoms with Crippen molar-refractivity contribution >= 4 is 29.4 Å². The molecule has 0 spiro atoms. The van der Waals surface area contributed by atoms with Gasteiger partial charge in [-0.25, -0.2) is 9.59 Å². The maximum Gasteiger partial charge on any atom is 0.337 e. The standard InChI is InChI=1S/C25H28N2O7/c1-32-24(30)18-14-19(25(31)33-2)16-20(15-18)26-23(29)17-8-11-27(12-9-17)22(28)10-13-34-21-6-4-3-5-7-21/h3-7,14-17H,8-13H2,1-2H3,(H,26,29). The lowest BCUT2D eigenvalue weighted by molar-refractivity contribution is -0.135. The molecule has 1 fully saturated rings. The normalized spacial score (nSPS) is 13.6. The average Bonchev–Trinajstić information content (AvgIpc) is 2.88. The van der Waals surface area contributed by atoms with E-state index in [1.807, 2.05) is 30.3 Å². The molecule has 1 aliphatic heterocycles. The molecule has 1 aliphatic rings. The summed E-state index contributed by atoms with van der Waals surface area (Å²) in [6.07, 6.45) is 1.29. The molecule has 180 valence electrons. The third-order valence-electron chi connectivity index (χ3n) is 5.59. The molecule has 1 N–H and O–H groups in total. The van der Waals surface area contributed by atoms with Gasteiger partial charge in [-0.05, 0) is 43.2 Å². The predicted octanol–water partition coefficient (Wildman–Crippen LogP) is 2.91. The lowest BCUT2D eigenvalue weighted by Gasteiger charge is -2.31. The van der Waals surface area contributed by atoms with E-state index in [0.717, 1.165) is 5.75 Å². The number of rotatable bonds is 8. The molecule has 2 amide bonds. The fraction of sp³-hybridized carbons (Fsp3) is 0.360. The van der Waals surface area contributed by atoms with Crippen LogP contribution >= 0.6 is 0 Å². The SMILES string of the molecule is COC(=O)c1cc(NC(=O)C2CCN(C(=O)CCOc3ccccc3)CC2)cc(C(=O)OC)c1. The molecule has 0 unspecified atom stereocenters. The number of para-hydroxylation sites is 1. The highest BCUT2D eigenvalue weighted by Gasteiger charge is 2.27. The number of nitrogens with zero attached hydrogens (tertiary/aromatic N) is 1. The lowest BCUT2D eigenvalue weighted by Crippen LogP contribution is -2.41. The van der Waals surface area contributed by atoms with Crippen molar-refractivity contribution in [2.75, 3.05) is 39.2 Å². The van der Waals surface area contributed by atoms with Crippen molar-refractivity contribution in [1.82, 2.24) is 4.90 Å². The lowest BCUT2D eigenvalue weighted by atomic mass is 9.95. The van der Waals surface area contributed by atoms with E-state index in [1.54, 1.807) is 4.90 Å². The smallest absolute Gasteiger partial charge is 0.337 e. The number of benzene rings is 2. The van der Waals surface area contributed by atoms with Crippen LogP contribution in [0.15, 0.2) is 48.5 Å². The number of anilines is 1. The molecule has 1 heterocycles. The van der Waals surface area contributed by atoms with Gasteiger partial charge in [0.1, 0.15) is 5.75 Å². The maximum atomic E-state index is 12.8. The summed E-state index contributed by atoms with van der Waals surface area (Å²) in [5.41, 5.74) is 0.544. The third-order valence-corrected chi connectivity index (χ3v) is 5.59. The van der Waals surface area contributed by atoms with Crippen LogP contribution in [0.5, 0.6) is 5.75 Å². The summed E-state index contributed by atoms with van der Waals surface area (Å²) in [5.74, 6) is -1.10. The summed E-state index contributed by atoms with van der Waals surface area (Å²) in [6.45, 7) is 1.23. The van der Waals surface area contributed by atoms with Gasteiger partial charge in [-0.3, -0.25) is 9.59 Å². The van der Waals surface area contributed by atoms with Crippen LogP contribution in [0.2, 0.25) is 0 Å². The van der Waals surface area contributed by atoms with E-state index in [1.165, 1.54) is 32.4 Å². The third kappa shape index (κ3) is 6.57. The Morgan fingerprint density at radius 2 is 1.50 bits per heavy atom. The highest BCUT2D eigenvalue weighted by molar-refractivity contribution is 6.00. The molecule has 3 rings (SSSR count). The molecule has 0 radical (unpaired) electrons. The van der Waals surface area contributed by atoms with Gasteiger partial charge in [-0.15, -0.1) is 0 Å². The van der Waals surface area contributed by atoms with E-state index in [2.05, 4.69) is 5.32 Å². The first-order valence-corrected chi connectivity index (χ1v) is 11.0. The fourth-order valence-electron chi connectivity index (χ4n) is 3.74. The number of piperidine rings is 1. The van der Waals surface area contributed by atoms with Gasteiger partial charge in [0, 0.05) is 24.7 Å². The van der Waals surface area contributed by atoms with Gasteiger partial charge in [0.2, 0.25) is 11.8 Å². The van der Waals surface area contributed by atoms with Gasteiger partial charge in [-0.2, -0.15) is 0 Å². The Hall–Kier alpha value is -3.88. The number of carbonyl (C=O) groups excluding carboxylic acids is 4. The molecule has 2 aromatic rings. The monoisotopic (exact) mass is 468 g/mol. The van der Waals surface area contributed by atoms with Crippen LogP contribution in [0.1, 0.15) is 40.0 Å². The zero-order chi connectivity index (χ0) is 24.5. The molecule has 2 aromatic carbocycles. The number of methoxy groups -OCH3 is 2. The van der Waals surface area contributed by atoms with Gasteiger partial charge < -0.3 is 24.4 Å². The first-order valence-electron chi connectivity index (χ1n) is 11.0. The Balaban J connectivity index is 1.52. The number of nitrogens with one attached hydrogen (secondary N) is 1. The van der Waals surface area contributed by atoms with Crippen molar-refractivity contribution < 1.29 is 33.4 Å². The summed E-state index contributed by atoms with van der Waals surface area (Å²) < 4.78 is 15.0. The minimum absolute atomic E-state index is 0.0108. The minimum atomic E-state index is -0.635. The molecular weight excluding hydrogens is 440 g/mol. The van der Waals surface area contributed by atoms with Crippen molar-refractivity contribution in [1.29, 1.82) is 0 Å². The summed E-state index contributed by atoms with van der Waals surface area (Å²) in [6, 6.07) is 13.5. The van der Waals surface area contributed by atoms with Gasteiger partial charge in [-0.1, -0.05) is 18.2 Å². The highest BCUT2D eigenvalue weighted by atomic mass is 16.5. The van der Waals surface area contributed by atoms with Crippen molar-refractivity contribution in [2.45, 2.75) is 19.3 Å². The van der Waals surface area contributed by atoms with E-state index < -0.39 is 11.9 Å². The molecule has 0 bridgehead atoms. The Labute approximate surface area is 198 Å². The quantitative estimate of drug-likeness (QED) is 0.593. The Morgan fingerprint density at radius 1 is 0.912 bits per heavy atom. The zero-order valence-corrected chi connectivity index (χ0v) is 19.2. The Morgan fingerprint density at radius 3 is 2.06 bits per heavy atom. The van der Waals surface area contributed by atoms with Crippen LogP contribution in [-0.2, 0) is 19.1 Å². The minimum Gasteiger partial charge on any atom is -0.493 e. The van der Waals surface area contributed by atoms with Crippen LogP contribution in [0.25, 0.3) is 0 Å². The topological polar surface area (TPSA) is 111 Å². The summed E-state index contributed by atoms with van der Waals surface area (Å²) >= 11 is 0. The van der Waals surface area contributed by atoms with E-state index in [4.69, 9.17) is 14.2 Å². The van der Waals surface area contributed by atoms with Crippen molar-refractivity contribution in [3.8, 4) is 5.75 Å². The second kappa shape index (κ2) is 11.8. The predicted molar refractivity (Wildman–Crippen MR) is 124 cm³/mol. The van der Waals surface area contributed by atoms with Crippen LogP contribution in [0, 0.1) is 5.92 Å². The first kappa shape index (κ1) is 24.8. The largest absolute Gasteiger partial charge is 0.493 e. The molecule has 34 heavy (non-hydrogen) atoms. The molecule has 0 aromatic heterocycles. The van der Waals surface area contributed by atoms with Gasteiger partial charge in [0.25, 0.3) is 0 Å². The average molecular weight is 469 g/mol. The molecule has 1 saturated heterocycles. The van der Waals surface area contributed by atoms with Gasteiger partial charge in [0.05, 0.1) is 38.4 Å². The van der Waals surface area contributed by atoms with E-state index >= 15 is 0 Å². The van der Waals surface area contributed by atoms with Crippen LogP contribution in [-0.4, -0.2) is 62.6 Å². The van der Waals surface area contributed by atoms with Crippen LogP contribution < -0.4 is 10.1 Å². The fourth-order valence-corrected chi connectivity index (χ4v) is 3.74. The van der Waals surface area contributed by atoms with Gasteiger partial charge >= 0.3 is 11.9 Å². The zero-order valence-electron chi connectivity index (χ0n) is 19.2. The highest BCUT2D eigenvalue weighted by Crippen LogP contribution is 2.22. The molecule has 0 saturated carbocycles. The number of amides is 2. The Kier molecular flexibility index (Phi) is 8.61. The van der Waals surface area contributed by atoms with Crippen molar-refractivity contribution in [3.63, 3.8) is 0 Å². The van der Waals surface area contributed by atoms with E-state index in [0.29, 0.717) is 38.2 Å². The van der Waals surface area contributed by atoms with Crippen molar-refractivity contribution in [3.05, 3.63) is 59.7 Å². The molecule has 0 aliphatic carbocycles. The van der Waals surface area contributed by atoms with Gasteiger partial charge in [0.15, 0.2) is 0 Å². The molecule has 0 atom stereocenters. The maximum absolute atomic E-state index is 12.8. The van der Waals surface area contributed by atoms with E-state index in [-0.39, 0.29) is 35.3 Å². The molecule has 9 nitrogen and oxygen atoms in total. The number of ether oxygens (including phenoxy) is 3. The van der Waals surface area contributed by atoms with Crippen LogP contribution in [0.3, 0.4) is 0 Å². The Bertz CT molecular complexity index is 997. The number of likely N-dealkylation sites (tertiary alicyclic amines) is 1.